The van der Waals surface area contributed by atoms with Crippen LogP contribution in [-0.2, 0) is 11.2 Å². The summed E-state index contributed by atoms with van der Waals surface area (Å²) in [7, 11) is 1.71. The van der Waals surface area contributed by atoms with Gasteiger partial charge in [0.25, 0.3) is 0 Å². The molecule has 0 unspecified atom stereocenters. The lowest BCUT2D eigenvalue weighted by Crippen LogP contribution is -2.31. The molecule has 0 fully saturated rings. The number of rotatable bonds is 2. The summed E-state index contributed by atoms with van der Waals surface area (Å²) in [6.45, 7) is 2.16. The number of hydrogen-bond donors (Lipinski definition) is 0. The van der Waals surface area contributed by atoms with Crippen molar-refractivity contribution in [1.29, 1.82) is 0 Å². The summed E-state index contributed by atoms with van der Waals surface area (Å²) in [5, 5.41) is 0. The van der Waals surface area contributed by atoms with Crippen molar-refractivity contribution in [3.8, 4) is 5.75 Å². The zero-order valence-corrected chi connectivity index (χ0v) is 12.7. The molecule has 4 rings (SSSR count). The second-order valence-electron chi connectivity index (χ2n) is 6.34. The number of fused-ring (bicyclic) bond motifs is 4. The topological polar surface area (TPSA) is 26.3 Å². The average molecular weight is 280 g/mol. The highest BCUT2D eigenvalue weighted by Crippen LogP contribution is 2.56. The van der Waals surface area contributed by atoms with Gasteiger partial charge in [0.2, 0.25) is 0 Å². The molecule has 0 saturated heterocycles. The summed E-state index contributed by atoms with van der Waals surface area (Å²) in [4.78, 5) is 12.4. The Bertz CT molecular complexity index is 708. The van der Waals surface area contributed by atoms with E-state index in [1.165, 1.54) is 27.8 Å². The largest absolute Gasteiger partial charge is 0.497 e. The Balaban J connectivity index is 1.81. The Morgan fingerprint density at radius 1 is 1.29 bits per heavy atom. The van der Waals surface area contributed by atoms with Crippen molar-refractivity contribution < 1.29 is 9.53 Å². The first-order valence-electron chi connectivity index (χ1n) is 7.83. The van der Waals surface area contributed by atoms with Crippen LogP contribution in [0.4, 0.5) is 0 Å². The number of benzene rings is 1. The molecule has 21 heavy (non-hydrogen) atoms. The standard InChI is InChI=1S/C19H20O2/c1-3-19-9-8-15-14-5-4-13(21-2)10-12(14)11-16(15)17(19)6-7-18(19)20/h4-6,10H,3,7-9,11H2,1-2H3/t19-/m1/s1. The molecule has 1 aromatic rings. The Labute approximate surface area is 125 Å². The zero-order chi connectivity index (χ0) is 14.6. The number of carbonyl (C=O) groups is 1. The third-order valence-electron chi connectivity index (χ3n) is 5.64. The van der Waals surface area contributed by atoms with E-state index in [4.69, 9.17) is 4.74 Å². The fourth-order valence-corrected chi connectivity index (χ4v) is 4.47. The molecule has 0 spiro atoms. The number of ketones is 1. The predicted octanol–water partition coefficient (Wildman–Crippen LogP) is 4.09. The fraction of sp³-hybridized carbons (Fsp3) is 0.421. The van der Waals surface area contributed by atoms with E-state index in [9.17, 15) is 4.79 Å². The summed E-state index contributed by atoms with van der Waals surface area (Å²) in [5.74, 6) is 1.35. The maximum Gasteiger partial charge on any atom is 0.147 e. The van der Waals surface area contributed by atoms with Gasteiger partial charge in [-0.1, -0.05) is 19.1 Å². The predicted molar refractivity (Wildman–Crippen MR) is 83.3 cm³/mol. The van der Waals surface area contributed by atoms with Crippen molar-refractivity contribution >= 4 is 11.4 Å². The van der Waals surface area contributed by atoms with Crippen LogP contribution in [0, 0.1) is 5.41 Å². The van der Waals surface area contributed by atoms with Crippen molar-refractivity contribution in [1.82, 2.24) is 0 Å². The molecule has 2 heteroatoms. The van der Waals surface area contributed by atoms with Crippen LogP contribution in [0.5, 0.6) is 5.75 Å². The number of hydrogen-bond acceptors (Lipinski definition) is 2. The lowest BCUT2D eigenvalue weighted by Gasteiger charge is -2.35. The minimum Gasteiger partial charge on any atom is -0.497 e. The molecule has 0 N–H and O–H groups in total. The fourth-order valence-electron chi connectivity index (χ4n) is 4.47. The van der Waals surface area contributed by atoms with Gasteiger partial charge in [-0.25, -0.2) is 0 Å². The van der Waals surface area contributed by atoms with Crippen LogP contribution in [0.1, 0.15) is 43.7 Å². The van der Waals surface area contributed by atoms with Crippen LogP contribution in [0.3, 0.4) is 0 Å². The van der Waals surface area contributed by atoms with E-state index in [0.29, 0.717) is 12.2 Å². The van der Waals surface area contributed by atoms with Crippen molar-refractivity contribution in [2.24, 2.45) is 5.41 Å². The summed E-state index contributed by atoms with van der Waals surface area (Å²) in [6.07, 6.45) is 6.74. The van der Waals surface area contributed by atoms with Crippen LogP contribution >= 0.6 is 0 Å². The number of Topliss-reactive ketones (excluding diaryl/α,β-unsaturated/α-hetero) is 1. The third-order valence-corrected chi connectivity index (χ3v) is 5.64. The number of allylic oxidation sites excluding steroid dienone is 4. The first-order chi connectivity index (χ1) is 10.2. The SMILES string of the molecule is CC[C@@]12CCC3=C(Cc4cc(OC)ccc43)C1=CCC2=O. The van der Waals surface area contributed by atoms with Crippen LogP contribution in [0.15, 0.2) is 35.4 Å². The number of ether oxygens (including phenoxy) is 1. The zero-order valence-electron chi connectivity index (χ0n) is 12.7. The molecular formula is C19H20O2. The Kier molecular flexibility index (Phi) is 2.66. The third kappa shape index (κ3) is 1.56. The van der Waals surface area contributed by atoms with E-state index >= 15 is 0 Å². The Morgan fingerprint density at radius 2 is 2.14 bits per heavy atom. The van der Waals surface area contributed by atoms with Crippen molar-refractivity contribution in [3.05, 3.63) is 46.5 Å². The van der Waals surface area contributed by atoms with Gasteiger partial charge in [-0.05, 0) is 65.7 Å². The maximum atomic E-state index is 12.4. The molecule has 1 aromatic carbocycles. The minimum absolute atomic E-state index is 0.176. The lowest BCUT2D eigenvalue weighted by molar-refractivity contribution is -0.125. The molecule has 0 aromatic heterocycles. The highest BCUT2D eigenvalue weighted by molar-refractivity contribution is 5.97. The quantitative estimate of drug-likeness (QED) is 0.815. The van der Waals surface area contributed by atoms with E-state index < -0.39 is 0 Å². The van der Waals surface area contributed by atoms with Crippen molar-refractivity contribution in [3.63, 3.8) is 0 Å². The van der Waals surface area contributed by atoms with Crippen LogP contribution in [-0.4, -0.2) is 12.9 Å². The summed E-state index contributed by atoms with van der Waals surface area (Å²) < 4.78 is 5.35. The normalized spacial score (nSPS) is 26.4. The van der Waals surface area contributed by atoms with E-state index in [2.05, 4.69) is 25.1 Å². The summed E-state index contributed by atoms with van der Waals surface area (Å²) in [5.41, 5.74) is 6.79. The van der Waals surface area contributed by atoms with Gasteiger partial charge in [0.15, 0.2) is 0 Å². The van der Waals surface area contributed by atoms with E-state index in [1.54, 1.807) is 7.11 Å². The van der Waals surface area contributed by atoms with Crippen molar-refractivity contribution in [2.75, 3.05) is 7.11 Å². The Hall–Kier alpha value is -1.83. The maximum absolute atomic E-state index is 12.4. The second-order valence-corrected chi connectivity index (χ2v) is 6.34. The molecule has 2 nitrogen and oxygen atoms in total. The first-order valence-corrected chi connectivity index (χ1v) is 7.83. The first kappa shape index (κ1) is 12.9. The molecule has 0 aliphatic heterocycles. The lowest BCUT2D eigenvalue weighted by atomic mass is 9.67. The monoisotopic (exact) mass is 280 g/mol. The van der Waals surface area contributed by atoms with Crippen LogP contribution < -0.4 is 4.74 Å². The van der Waals surface area contributed by atoms with Gasteiger partial charge in [0.1, 0.15) is 11.5 Å². The van der Waals surface area contributed by atoms with Gasteiger partial charge < -0.3 is 4.74 Å². The van der Waals surface area contributed by atoms with Gasteiger partial charge in [0, 0.05) is 6.42 Å². The van der Waals surface area contributed by atoms with E-state index in [1.807, 2.05) is 6.07 Å². The van der Waals surface area contributed by atoms with Gasteiger partial charge in [-0.2, -0.15) is 0 Å². The average Bonchev–Trinajstić information content (AvgIpc) is 3.04. The van der Waals surface area contributed by atoms with Crippen LogP contribution in [0.25, 0.3) is 5.57 Å². The highest BCUT2D eigenvalue weighted by atomic mass is 16.5. The highest BCUT2D eigenvalue weighted by Gasteiger charge is 2.48. The molecule has 3 aliphatic carbocycles. The minimum atomic E-state index is -0.176. The molecular weight excluding hydrogens is 260 g/mol. The number of methoxy groups -OCH3 is 1. The van der Waals surface area contributed by atoms with E-state index in [-0.39, 0.29) is 5.41 Å². The van der Waals surface area contributed by atoms with Crippen molar-refractivity contribution in [2.45, 2.75) is 39.0 Å². The molecule has 1 atom stereocenters. The molecule has 0 bridgehead atoms. The molecule has 0 saturated carbocycles. The molecule has 3 aliphatic rings. The van der Waals surface area contributed by atoms with Gasteiger partial charge >= 0.3 is 0 Å². The molecule has 0 radical (unpaired) electrons. The summed E-state index contributed by atoms with van der Waals surface area (Å²) in [6, 6.07) is 6.38. The van der Waals surface area contributed by atoms with Gasteiger partial charge in [-0.15, -0.1) is 0 Å². The van der Waals surface area contributed by atoms with E-state index in [0.717, 1.165) is 31.4 Å². The molecule has 0 amide bonds. The second kappa shape index (κ2) is 4.33. The van der Waals surface area contributed by atoms with Crippen LogP contribution in [0.2, 0.25) is 0 Å². The molecule has 0 heterocycles. The smallest absolute Gasteiger partial charge is 0.147 e. The summed E-state index contributed by atoms with van der Waals surface area (Å²) >= 11 is 0. The Morgan fingerprint density at radius 3 is 2.90 bits per heavy atom. The van der Waals surface area contributed by atoms with Gasteiger partial charge in [-0.3, -0.25) is 4.79 Å². The van der Waals surface area contributed by atoms with Gasteiger partial charge in [0.05, 0.1) is 12.5 Å². The molecule has 108 valence electrons. The number of carbonyl (C=O) groups excluding carboxylic acids is 1.